The highest BCUT2D eigenvalue weighted by Gasteiger charge is 2.25. The van der Waals surface area contributed by atoms with E-state index in [-0.39, 0.29) is 0 Å². The molecule has 6 nitrogen and oxygen atoms in total. The molecule has 0 aliphatic heterocycles. The lowest BCUT2D eigenvalue weighted by atomic mass is 10.3. The Morgan fingerprint density at radius 1 is 1.32 bits per heavy atom. The highest BCUT2D eigenvalue weighted by atomic mass is 32.2. The number of amides is 1. The van der Waals surface area contributed by atoms with Gasteiger partial charge in [-0.1, -0.05) is 0 Å². The van der Waals surface area contributed by atoms with E-state index in [4.69, 9.17) is 0 Å². The van der Waals surface area contributed by atoms with Gasteiger partial charge >= 0.3 is 0 Å². The van der Waals surface area contributed by atoms with Crippen LogP contribution >= 0.6 is 0 Å². The van der Waals surface area contributed by atoms with E-state index in [1.54, 1.807) is 0 Å². The van der Waals surface area contributed by atoms with Gasteiger partial charge in [-0.15, -0.1) is 0 Å². The van der Waals surface area contributed by atoms with Crippen LogP contribution in [0.3, 0.4) is 0 Å². The van der Waals surface area contributed by atoms with Crippen LogP contribution in [-0.2, 0) is 14.8 Å². The standard InChI is InChI=1S/C13H19F2N3O3S/c1-9(13(19)16-6-7-18(2)3)17-22(20,21)12-8-10(14)4-5-11(12)15/h4-5,8-9,17H,6-7H2,1-3H3,(H,16,19)/t9-/m1/s1. The van der Waals surface area contributed by atoms with Gasteiger partial charge in [0.05, 0.1) is 6.04 Å². The summed E-state index contributed by atoms with van der Waals surface area (Å²) in [4.78, 5) is 12.8. The van der Waals surface area contributed by atoms with Gasteiger partial charge in [0.25, 0.3) is 0 Å². The quantitative estimate of drug-likeness (QED) is 0.752. The number of hydrogen-bond acceptors (Lipinski definition) is 4. The SMILES string of the molecule is C[C@@H](NS(=O)(=O)c1cc(F)ccc1F)C(=O)NCCN(C)C. The van der Waals surface area contributed by atoms with Crippen molar-refractivity contribution in [2.24, 2.45) is 0 Å². The number of halogens is 2. The van der Waals surface area contributed by atoms with E-state index in [1.165, 1.54) is 6.92 Å². The predicted molar refractivity (Wildman–Crippen MR) is 77.7 cm³/mol. The summed E-state index contributed by atoms with van der Waals surface area (Å²) < 4.78 is 52.6. The Kier molecular flexibility index (Phi) is 6.39. The highest BCUT2D eigenvalue weighted by Crippen LogP contribution is 2.15. The molecule has 2 N–H and O–H groups in total. The summed E-state index contributed by atoms with van der Waals surface area (Å²) in [6.07, 6.45) is 0. The van der Waals surface area contributed by atoms with Crippen molar-refractivity contribution in [3.63, 3.8) is 0 Å². The minimum Gasteiger partial charge on any atom is -0.353 e. The molecule has 0 spiro atoms. The summed E-state index contributed by atoms with van der Waals surface area (Å²) in [7, 11) is -0.686. The van der Waals surface area contributed by atoms with Crippen molar-refractivity contribution < 1.29 is 22.0 Å². The van der Waals surface area contributed by atoms with E-state index in [2.05, 4.69) is 5.32 Å². The molecule has 0 unspecified atom stereocenters. The molecule has 22 heavy (non-hydrogen) atoms. The molecule has 0 saturated heterocycles. The van der Waals surface area contributed by atoms with Crippen molar-refractivity contribution in [1.82, 2.24) is 14.9 Å². The molecule has 1 amide bonds. The Bertz CT molecular complexity index is 635. The summed E-state index contributed by atoms with van der Waals surface area (Å²) >= 11 is 0. The van der Waals surface area contributed by atoms with E-state index < -0.39 is 38.5 Å². The Balaban J connectivity index is 2.75. The van der Waals surface area contributed by atoms with Gasteiger partial charge in [-0.3, -0.25) is 4.79 Å². The second-order valence-corrected chi connectivity index (χ2v) is 6.69. The van der Waals surface area contributed by atoms with Gasteiger partial charge in [-0.05, 0) is 39.2 Å². The van der Waals surface area contributed by atoms with Crippen LogP contribution in [0.5, 0.6) is 0 Å². The Morgan fingerprint density at radius 2 is 1.95 bits per heavy atom. The molecule has 1 rings (SSSR count). The van der Waals surface area contributed by atoms with Crippen LogP contribution in [0.1, 0.15) is 6.92 Å². The second kappa shape index (κ2) is 7.61. The van der Waals surface area contributed by atoms with Gasteiger partial charge < -0.3 is 10.2 Å². The zero-order valence-electron chi connectivity index (χ0n) is 12.6. The Morgan fingerprint density at radius 3 is 2.55 bits per heavy atom. The summed E-state index contributed by atoms with van der Waals surface area (Å²) in [6.45, 7) is 2.25. The largest absolute Gasteiger partial charge is 0.353 e. The Labute approximate surface area is 128 Å². The summed E-state index contributed by atoms with van der Waals surface area (Å²) in [5.74, 6) is -2.53. The molecule has 0 bridgehead atoms. The third kappa shape index (κ3) is 5.32. The number of hydrogen-bond donors (Lipinski definition) is 2. The number of carbonyl (C=O) groups excluding carboxylic acids is 1. The average molecular weight is 335 g/mol. The first-order valence-electron chi connectivity index (χ1n) is 6.53. The molecular formula is C13H19F2N3O3S. The molecule has 1 aromatic rings. The van der Waals surface area contributed by atoms with Gasteiger partial charge in [0, 0.05) is 13.1 Å². The zero-order valence-corrected chi connectivity index (χ0v) is 13.4. The number of carbonyl (C=O) groups is 1. The maximum absolute atomic E-state index is 13.5. The van der Waals surface area contributed by atoms with E-state index in [0.29, 0.717) is 25.2 Å². The summed E-state index contributed by atoms with van der Waals surface area (Å²) in [6, 6.07) is 0.973. The molecule has 0 heterocycles. The average Bonchev–Trinajstić information content (AvgIpc) is 2.40. The molecule has 0 saturated carbocycles. The van der Waals surface area contributed by atoms with Gasteiger partial charge in [-0.25, -0.2) is 17.2 Å². The zero-order chi connectivity index (χ0) is 16.9. The normalized spacial score (nSPS) is 13.2. The van der Waals surface area contributed by atoms with Crippen molar-refractivity contribution in [2.75, 3.05) is 27.2 Å². The highest BCUT2D eigenvalue weighted by molar-refractivity contribution is 7.89. The first-order chi connectivity index (χ1) is 10.1. The van der Waals surface area contributed by atoms with Crippen molar-refractivity contribution in [3.8, 4) is 0 Å². The van der Waals surface area contributed by atoms with E-state index in [0.717, 1.165) is 6.07 Å². The topological polar surface area (TPSA) is 78.5 Å². The maximum atomic E-state index is 13.5. The number of rotatable bonds is 7. The fourth-order valence-electron chi connectivity index (χ4n) is 1.59. The lowest BCUT2D eigenvalue weighted by Gasteiger charge is -2.16. The molecule has 0 aliphatic carbocycles. The van der Waals surface area contributed by atoms with Crippen LogP contribution in [-0.4, -0.2) is 52.5 Å². The van der Waals surface area contributed by atoms with Crippen molar-refractivity contribution in [3.05, 3.63) is 29.8 Å². The molecule has 0 aliphatic rings. The molecule has 0 aromatic heterocycles. The molecule has 1 aromatic carbocycles. The second-order valence-electron chi connectivity index (χ2n) is 5.01. The number of nitrogens with zero attached hydrogens (tertiary/aromatic N) is 1. The lowest BCUT2D eigenvalue weighted by molar-refractivity contribution is -0.122. The van der Waals surface area contributed by atoms with Crippen LogP contribution in [0.15, 0.2) is 23.1 Å². The van der Waals surface area contributed by atoms with Crippen LogP contribution in [0.2, 0.25) is 0 Å². The Hall–Kier alpha value is -1.58. The van der Waals surface area contributed by atoms with Crippen LogP contribution in [0, 0.1) is 11.6 Å². The predicted octanol–water partition coefficient (Wildman–Crippen LogP) is 0.309. The third-order valence-corrected chi connectivity index (χ3v) is 4.32. The van der Waals surface area contributed by atoms with E-state index in [9.17, 15) is 22.0 Å². The van der Waals surface area contributed by atoms with Crippen molar-refractivity contribution >= 4 is 15.9 Å². The summed E-state index contributed by atoms with van der Waals surface area (Å²) in [5.41, 5.74) is 0. The fraction of sp³-hybridized carbons (Fsp3) is 0.462. The van der Waals surface area contributed by atoms with Crippen LogP contribution < -0.4 is 10.0 Å². The number of nitrogens with one attached hydrogen (secondary N) is 2. The number of benzene rings is 1. The third-order valence-electron chi connectivity index (χ3n) is 2.77. The first kappa shape index (κ1) is 18.5. The van der Waals surface area contributed by atoms with Crippen LogP contribution in [0.25, 0.3) is 0 Å². The summed E-state index contributed by atoms with van der Waals surface area (Å²) in [5, 5.41) is 2.54. The van der Waals surface area contributed by atoms with Gasteiger partial charge in [0.2, 0.25) is 15.9 Å². The van der Waals surface area contributed by atoms with E-state index >= 15 is 0 Å². The molecule has 1 atom stereocenters. The van der Waals surface area contributed by atoms with Gasteiger partial charge in [-0.2, -0.15) is 4.72 Å². The monoisotopic (exact) mass is 335 g/mol. The van der Waals surface area contributed by atoms with Crippen molar-refractivity contribution in [1.29, 1.82) is 0 Å². The smallest absolute Gasteiger partial charge is 0.244 e. The van der Waals surface area contributed by atoms with Crippen LogP contribution in [0.4, 0.5) is 8.78 Å². The van der Waals surface area contributed by atoms with Crippen molar-refractivity contribution in [2.45, 2.75) is 17.9 Å². The molecule has 0 radical (unpaired) electrons. The maximum Gasteiger partial charge on any atom is 0.244 e. The number of sulfonamides is 1. The lowest BCUT2D eigenvalue weighted by Crippen LogP contribution is -2.46. The van der Waals surface area contributed by atoms with Gasteiger partial charge in [0.15, 0.2) is 0 Å². The van der Waals surface area contributed by atoms with Gasteiger partial charge in [0.1, 0.15) is 16.5 Å². The minimum absolute atomic E-state index is 0.340. The van der Waals surface area contributed by atoms with E-state index in [1.807, 2.05) is 23.7 Å². The molecule has 124 valence electrons. The number of likely N-dealkylation sites (N-methyl/N-ethyl adjacent to an activating group) is 1. The first-order valence-corrected chi connectivity index (χ1v) is 8.01. The fourth-order valence-corrected chi connectivity index (χ4v) is 2.88. The molecule has 9 heteroatoms. The molecule has 0 fully saturated rings. The minimum atomic E-state index is -4.34. The molecular weight excluding hydrogens is 316 g/mol.